The smallest absolute Gasteiger partial charge is 0.0204 e. The molecule has 1 heterocycles. The molecule has 2 nitrogen and oxygen atoms in total. The molecule has 2 rings (SSSR count). The summed E-state index contributed by atoms with van der Waals surface area (Å²) < 4.78 is 0. The molecule has 15 heavy (non-hydrogen) atoms. The monoisotopic (exact) mass is 210 g/mol. The van der Waals surface area contributed by atoms with E-state index in [-0.39, 0.29) is 0 Å². The molecule has 4 unspecified atom stereocenters. The van der Waals surface area contributed by atoms with E-state index in [0.717, 1.165) is 23.9 Å². The number of rotatable bonds is 2. The van der Waals surface area contributed by atoms with Crippen molar-refractivity contribution >= 4 is 0 Å². The number of likely N-dealkylation sites (N-methyl/N-ethyl adjacent to an activating group) is 1. The summed E-state index contributed by atoms with van der Waals surface area (Å²) in [4.78, 5) is 2.74. The van der Waals surface area contributed by atoms with Crippen molar-refractivity contribution in [3.05, 3.63) is 0 Å². The summed E-state index contributed by atoms with van der Waals surface area (Å²) in [6.07, 6.45) is 5.65. The zero-order valence-corrected chi connectivity index (χ0v) is 10.5. The highest BCUT2D eigenvalue weighted by Crippen LogP contribution is 2.33. The van der Waals surface area contributed by atoms with Gasteiger partial charge in [0.1, 0.15) is 0 Å². The Labute approximate surface area is 94.4 Å². The van der Waals surface area contributed by atoms with Gasteiger partial charge in [-0.05, 0) is 38.1 Å². The van der Waals surface area contributed by atoms with Crippen LogP contribution in [0.25, 0.3) is 0 Å². The largest absolute Gasteiger partial charge is 0.316 e. The lowest BCUT2D eigenvalue weighted by Crippen LogP contribution is -2.43. The fourth-order valence-corrected chi connectivity index (χ4v) is 3.34. The molecule has 1 aliphatic heterocycles. The molecule has 0 aromatic rings. The molecular weight excluding hydrogens is 184 g/mol. The maximum Gasteiger partial charge on any atom is 0.0204 e. The third-order valence-corrected chi connectivity index (χ3v) is 4.51. The van der Waals surface area contributed by atoms with Crippen LogP contribution in [0.15, 0.2) is 0 Å². The molecule has 0 aromatic carbocycles. The van der Waals surface area contributed by atoms with Gasteiger partial charge in [-0.15, -0.1) is 0 Å². The van der Waals surface area contributed by atoms with E-state index in [1.165, 1.54) is 38.8 Å². The fourth-order valence-electron chi connectivity index (χ4n) is 3.34. The van der Waals surface area contributed by atoms with E-state index >= 15 is 0 Å². The zero-order chi connectivity index (χ0) is 10.8. The van der Waals surface area contributed by atoms with Crippen LogP contribution < -0.4 is 5.32 Å². The lowest BCUT2D eigenvalue weighted by atomic mass is 9.79. The molecule has 0 aromatic heterocycles. The molecule has 0 radical (unpaired) electrons. The van der Waals surface area contributed by atoms with Crippen molar-refractivity contribution in [1.29, 1.82) is 0 Å². The SMILES string of the molecule is CNC1CCN(C2CC(C)CCC2C)C1. The molecule has 1 saturated heterocycles. The number of nitrogens with zero attached hydrogens (tertiary/aromatic N) is 1. The van der Waals surface area contributed by atoms with E-state index in [1.807, 2.05) is 0 Å². The van der Waals surface area contributed by atoms with Crippen LogP contribution in [0.4, 0.5) is 0 Å². The number of likely N-dealkylation sites (tertiary alicyclic amines) is 1. The highest BCUT2D eigenvalue weighted by Gasteiger charge is 2.33. The van der Waals surface area contributed by atoms with E-state index in [9.17, 15) is 0 Å². The van der Waals surface area contributed by atoms with Crippen molar-refractivity contribution in [1.82, 2.24) is 10.2 Å². The maximum absolute atomic E-state index is 3.42. The summed E-state index contributed by atoms with van der Waals surface area (Å²) in [6, 6.07) is 1.61. The van der Waals surface area contributed by atoms with Crippen LogP contribution in [0.3, 0.4) is 0 Å². The molecule has 1 saturated carbocycles. The lowest BCUT2D eigenvalue weighted by molar-refractivity contribution is 0.111. The summed E-state index contributed by atoms with van der Waals surface area (Å²) >= 11 is 0. The molecule has 2 aliphatic rings. The Morgan fingerprint density at radius 1 is 1.13 bits per heavy atom. The Bertz CT molecular complexity index is 205. The van der Waals surface area contributed by atoms with Crippen molar-refractivity contribution in [2.45, 2.75) is 51.6 Å². The van der Waals surface area contributed by atoms with Gasteiger partial charge >= 0.3 is 0 Å². The van der Waals surface area contributed by atoms with Crippen LogP contribution in [-0.2, 0) is 0 Å². The molecule has 88 valence electrons. The van der Waals surface area contributed by atoms with Gasteiger partial charge in [0.25, 0.3) is 0 Å². The van der Waals surface area contributed by atoms with E-state index in [1.54, 1.807) is 0 Å². The Morgan fingerprint density at radius 2 is 1.93 bits per heavy atom. The maximum atomic E-state index is 3.42. The molecule has 1 N–H and O–H groups in total. The van der Waals surface area contributed by atoms with Crippen LogP contribution in [0.1, 0.15) is 39.5 Å². The average molecular weight is 210 g/mol. The molecule has 4 atom stereocenters. The van der Waals surface area contributed by atoms with Crippen molar-refractivity contribution in [2.75, 3.05) is 20.1 Å². The molecule has 2 heteroatoms. The van der Waals surface area contributed by atoms with Gasteiger partial charge in [-0.3, -0.25) is 4.90 Å². The minimum atomic E-state index is 0.745. The van der Waals surface area contributed by atoms with E-state index < -0.39 is 0 Å². The lowest BCUT2D eigenvalue weighted by Gasteiger charge is -2.39. The summed E-state index contributed by atoms with van der Waals surface area (Å²) in [5.74, 6) is 1.86. The summed E-state index contributed by atoms with van der Waals surface area (Å²) in [5.41, 5.74) is 0. The van der Waals surface area contributed by atoms with Gasteiger partial charge < -0.3 is 5.32 Å². The van der Waals surface area contributed by atoms with Gasteiger partial charge in [0.2, 0.25) is 0 Å². The molecule has 2 fully saturated rings. The van der Waals surface area contributed by atoms with Gasteiger partial charge in [0.15, 0.2) is 0 Å². The van der Waals surface area contributed by atoms with Gasteiger partial charge in [-0.2, -0.15) is 0 Å². The van der Waals surface area contributed by atoms with Crippen LogP contribution in [0.2, 0.25) is 0 Å². The highest BCUT2D eigenvalue weighted by atomic mass is 15.2. The van der Waals surface area contributed by atoms with Crippen LogP contribution >= 0.6 is 0 Å². The first-order valence-corrected chi connectivity index (χ1v) is 6.62. The number of nitrogens with one attached hydrogen (secondary N) is 1. The van der Waals surface area contributed by atoms with Gasteiger partial charge in [0.05, 0.1) is 0 Å². The summed E-state index contributed by atoms with van der Waals surface area (Å²) in [6.45, 7) is 7.46. The minimum Gasteiger partial charge on any atom is -0.316 e. The molecular formula is C13H26N2. The summed E-state index contributed by atoms with van der Waals surface area (Å²) in [5, 5.41) is 3.42. The van der Waals surface area contributed by atoms with E-state index in [2.05, 4.69) is 31.1 Å². The molecule has 0 amide bonds. The first-order chi connectivity index (χ1) is 7.20. The highest BCUT2D eigenvalue weighted by molar-refractivity contribution is 4.89. The second kappa shape index (κ2) is 4.84. The van der Waals surface area contributed by atoms with Crippen molar-refractivity contribution in [3.63, 3.8) is 0 Å². The van der Waals surface area contributed by atoms with Crippen molar-refractivity contribution in [2.24, 2.45) is 11.8 Å². The quantitative estimate of drug-likeness (QED) is 0.751. The van der Waals surface area contributed by atoms with Gasteiger partial charge in [-0.1, -0.05) is 20.3 Å². The van der Waals surface area contributed by atoms with E-state index in [4.69, 9.17) is 0 Å². The normalized spacial score (nSPS) is 43.4. The van der Waals surface area contributed by atoms with Crippen LogP contribution in [0.5, 0.6) is 0 Å². The van der Waals surface area contributed by atoms with Gasteiger partial charge in [0, 0.05) is 25.2 Å². The zero-order valence-electron chi connectivity index (χ0n) is 10.5. The van der Waals surface area contributed by atoms with Crippen molar-refractivity contribution in [3.8, 4) is 0 Å². The molecule has 0 spiro atoms. The van der Waals surface area contributed by atoms with Crippen LogP contribution in [-0.4, -0.2) is 37.1 Å². The van der Waals surface area contributed by atoms with Crippen LogP contribution in [0, 0.1) is 11.8 Å². The standard InChI is InChI=1S/C13H26N2/c1-10-4-5-11(2)13(8-10)15-7-6-12(9-15)14-3/h10-14H,4-9H2,1-3H3. The Kier molecular flexibility index (Phi) is 3.68. The van der Waals surface area contributed by atoms with Gasteiger partial charge in [-0.25, -0.2) is 0 Å². The average Bonchev–Trinajstić information content (AvgIpc) is 2.70. The Hall–Kier alpha value is -0.0800. The first kappa shape index (κ1) is 11.4. The third kappa shape index (κ3) is 2.54. The van der Waals surface area contributed by atoms with E-state index in [0.29, 0.717) is 0 Å². The predicted octanol–water partition coefficient (Wildman–Crippen LogP) is 2.10. The number of hydrogen-bond acceptors (Lipinski definition) is 2. The number of hydrogen-bond donors (Lipinski definition) is 1. The topological polar surface area (TPSA) is 15.3 Å². The summed E-state index contributed by atoms with van der Waals surface area (Å²) in [7, 11) is 2.10. The minimum absolute atomic E-state index is 0.745. The fraction of sp³-hybridized carbons (Fsp3) is 1.00. The first-order valence-electron chi connectivity index (χ1n) is 6.62. The second-order valence-electron chi connectivity index (χ2n) is 5.73. The Balaban J connectivity index is 1.91. The third-order valence-electron chi connectivity index (χ3n) is 4.51. The van der Waals surface area contributed by atoms with Crippen molar-refractivity contribution < 1.29 is 0 Å². The molecule has 1 aliphatic carbocycles. The Morgan fingerprint density at radius 3 is 2.60 bits per heavy atom. The molecule has 0 bridgehead atoms. The second-order valence-corrected chi connectivity index (χ2v) is 5.73. The predicted molar refractivity (Wildman–Crippen MR) is 65.0 cm³/mol.